The van der Waals surface area contributed by atoms with Gasteiger partial charge >= 0.3 is 0 Å². The van der Waals surface area contributed by atoms with E-state index in [1.54, 1.807) is 12.1 Å². The van der Waals surface area contributed by atoms with E-state index >= 15 is 0 Å². The molecule has 5 nitrogen and oxygen atoms in total. The van der Waals surface area contributed by atoms with E-state index in [2.05, 4.69) is 12.2 Å². The molecule has 0 N–H and O–H groups in total. The van der Waals surface area contributed by atoms with Gasteiger partial charge < -0.3 is 0 Å². The number of ketones is 2. The van der Waals surface area contributed by atoms with Gasteiger partial charge in [-0.2, -0.15) is 0 Å². The van der Waals surface area contributed by atoms with Gasteiger partial charge in [0.25, 0.3) is 5.69 Å². The highest BCUT2D eigenvalue weighted by Gasteiger charge is 2.53. The van der Waals surface area contributed by atoms with Crippen LogP contribution in [0.3, 0.4) is 0 Å². The van der Waals surface area contributed by atoms with Crippen LogP contribution >= 0.6 is 11.8 Å². The first-order chi connectivity index (χ1) is 11.0. The Kier molecular flexibility index (Phi) is 3.23. The maximum atomic E-state index is 12.7. The number of carbonyl (C=O) groups is 2. The topological polar surface area (TPSA) is 77.3 Å². The SMILES string of the molecule is O=C1C=C(Sc2ccc([N+](=O)[O-])cc2)C(=O)C2C3C=CC(C3)C12. The fraction of sp³-hybridized carbons (Fsp3) is 0.294. The second kappa shape index (κ2) is 5.16. The fourth-order valence-electron chi connectivity index (χ4n) is 3.87. The van der Waals surface area contributed by atoms with E-state index in [0.29, 0.717) is 4.91 Å². The van der Waals surface area contributed by atoms with Gasteiger partial charge in [-0.1, -0.05) is 23.9 Å². The van der Waals surface area contributed by atoms with Crippen molar-refractivity contribution < 1.29 is 14.5 Å². The molecule has 3 aliphatic rings. The monoisotopic (exact) mass is 327 g/mol. The van der Waals surface area contributed by atoms with Crippen LogP contribution in [0.2, 0.25) is 0 Å². The molecule has 23 heavy (non-hydrogen) atoms. The van der Waals surface area contributed by atoms with E-state index in [1.807, 2.05) is 0 Å². The lowest BCUT2D eigenvalue weighted by Crippen LogP contribution is -2.36. The molecule has 1 aromatic rings. The van der Waals surface area contributed by atoms with E-state index in [4.69, 9.17) is 0 Å². The molecule has 2 bridgehead atoms. The Morgan fingerprint density at radius 1 is 1.04 bits per heavy atom. The Bertz CT molecular complexity index is 780. The lowest BCUT2D eigenvalue weighted by atomic mass is 9.75. The summed E-state index contributed by atoms with van der Waals surface area (Å²) in [4.78, 5) is 36.5. The fourth-order valence-corrected chi connectivity index (χ4v) is 4.81. The van der Waals surface area contributed by atoms with Crippen LogP contribution in [0, 0.1) is 33.8 Å². The van der Waals surface area contributed by atoms with Gasteiger partial charge in [0.05, 0.1) is 9.83 Å². The Morgan fingerprint density at radius 2 is 1.70 bits per heavy atom. The molecule has 1 fully saturated rings. The van der Waals surface area contributed by atoms with Gasteiger partial charge in [-0.3, -0.25) is 19.7 Å². The van der Waals surface area contributed by atoms with Crippen molar-refractivity contribution in [2.45, 2.75) is 11.3 Å². The molecule has 6 heteroatoms. The lowest BCUT2D eigenvalue weighted by Gasteiger charge is -2.29. The van der Waals surface area contributed by atoms with E-state index in [-0.39, 0.29) is 40.9 Å². The summed E-state index contributed by atoms with van der Waals surface area (Å²) in [5.41, 5.74) is 0.00711. The van der Waals surface area contributed by atoms with Crippen molar-refractivity contribution in [2.24, 2.45) is 23.7 Å². The van der Waals surface area contributed by atoms with Crippen molar-refractivity contribution in [3.05, 3.63) is 57.5 Å². The summed E-state index contributed by atoms with van der Waals surface area (Å²) in [6.45, 7) is 0. The summed E-state index contributed by atoms with van der Waals surface area (Å²) in [5, 5.41) is 10.7. The van der Waals surface area contributed by atoms with Gasteiger partial charge in [0.15, 0.2) is 11.6 Å². The lowest BCUT2D eigenvalue weighted by molar-refractivity contribution is -0.384. The first-order valence-electron chi connectivity index (χ1n) is 7.45. The Labute approximate surface area is 136 Å². The summed E-state index contributed by atoms with van der Waals surface area (Å²) in [5.74, 6) is 0.0682. The standard InChI is InChI=1S/C17H13NO4S/c19-13-8-14(23-12-5-3-11(4-6-12)18(21)22)17(20)16-10-2-1-9(7-10)15(13)16/h1-6,8-10,15-16H,7H2. The molecule has 0 amide bonds. The van der Waals surface area contributed by atoms with Crippen LogP contribution in [0.4, 0.5) is 5.69 Å². The molecule has 0 heterocycles. The van der Waals surface area contributed by atoms with Crippen LogP contribution in [-0.2, 0) is 9.59 Å². The first-order valence-corrected chi connectivity index (χ1v) is 8.26. The molecule has 0 aliphatic heterocycles. The van der Waals surface area contributed by atoms with Gasteiger partial charge in [-0.15, -0.1) is 0 Å². The highest BCUT2D eigenvalue weighted by Crippen LogP contribution is 2.52. The van der Waals surface area contributed by atoms with E-state index in [1.165, 1.54) is 30.0 Å². The average Bonchev–Trinajstić information content (AvgIpc) is 3.14. The quantitative estimate of drug-likeness (QED) is 0.484. The molecule has 116 valence electrons. The zero-order valence-electron chi connectivity index (χ0n) is 12.0. The van der Waals surface area contributed by atoms with Crippen molar-refractivity contribution >= 4 is 29.0 Å². The number of nitro groups is 1. The number of benzene rings is 1. The van der Waals surface area contributed by atoms with Crippen LogP contribution in [-0.4, -0.2) is 16.5 Å². The second-order valence-electron chi connectivity index (χ2n) is 6.13. The number of hydrogen-bond acceptors (Lipinski definition) is 5. The highest BCUT2D eigenvalue weighted by molar-refractivity contribution is 8.04. The van der Waals surface area contributed by atoms with Crippen LogP contribution in [0.5, 0.6) is 0 Å². The normalized spacial score (nSPS) is 31.2. The van der Waals surface area contributed by atoms with Crippen molar-refractivity contribution in [2.75, 3.05) is 0 Å². The van der Waals surface area contributed by atoms with Crippen LogP contribution in [0.25, 0.3) is 0 Å². The molecule has 0 aromatic heterocycles. The van der Waals surface area contributed by atoms with Crippen LogP contribution in [0.1, 0.15) is 6.42 Å². The van der Waals surface area contributed by atoms with Gasteiger partial charge in [0.1, 0.15) is 0 Å². The first kappa shape index (κ1) is 14.4. The van der Waals surface area contributed by atoms with E-state index in [9.17, 15) is 19.7 Å². The second-order valence-corrected chi connectivity index (χ2v) is 7.24. The van der Waals surface area contributed by atoms with E-state index in [0.717, 1.165) is 11.3 Å². The number of fused-ring (bicyclic) bond motifs is 5. The molecule has 3 aliphatic carbocycles. The predicted octanol–water partition coefficient (Wildman–Crippen LogP) is 3.16. The summed E-state index contributed by atoms with van der Waals surface area (Å²) >= 11 is 1.22. The van der Waals surface area contributed by atoms with Crippen LogP contribution < -0.4 is 0 Å². The minimum absolute atomic E-state index is 0.00711. The molecule has 0 radical (unpaired) electrons. The number of nitrogens with zero attached hydrogens (tertiary/aromatic N) is 1. The zero-order valence-corrected chi connectivity index (χ0v) is 12.9. The van der Waals surface area contributed by atoms with Gasteiger partial charge in [0.2, 0.25) is 0 Å². The Hall–Kier alpha value is -2.21. The molecule has 4 atom stereocenters. The Morgan fingerprint density at radius 3 is 2.35 bits per heavy atom. The smallest absolute Gasteiger partial charge is 0.269 e. The van der Waals surface area contributed by atoms with Crippen molar-refractivity contribution in [3.8, 4) is 0 Å². The number of thioether (sulfide) groups is 1. The maximum absolute atomic E-state index is 12.7. The number of allylic oxidation sites excluding steroid dienone is 4. The number of Topliss-reactive ketones (excluding diaryl/α,β-unsaturated/α-hetero) is 1. The summed E-state index contributed by atoms with van der Waals surface area (Å²) < 4.78 is 0. The van der Waals surface area contributed by atoms with Crippen molar-refractivity contribution in [1.82, 2.24) is 0 Å². The predicted molar refractivity (Wildman–Crippen MR) is 84.8 cm³/mol. The van der Waals surface area contributed by atoms with E-state index < -0.39 is 4.92 Å². The number of rotatable bonds is 3. The number of carbonyl (C=O) groups excluding carboxylic acids is 2. The minimum atomic E-state index is -0.463. The number of hydrogen-bond donors (Lipinski definition) is 0. The third-order valence-corrected chi connectivity index (χ3v) is 5.93. The van der Waals surface area contributed by atoms with Crippen molar-refractivity contribution in [3.63, 3.8) is 0 Å². The molecule has 1 saturated carbocycles. The van der Waals surface area contributed by atoms with Crippen molar-refractivity contribution in [1.29, 1.82) is 0 Å². The van der Waals surface area contributed by atoms with Gasteiger partial charge in [-0.05, 0) is 36.5 Å². The molecule has 1 aromatic carbocycles. The maximum Gasteiger partial charge on any atom is 0.269 e. The third kappa shape index (κ3) is 2.25. The molecule has 0 saturated heterocycles. The zero-order chi connectivity index (χ0) is 16.1. The minimum Gasteiger partial charge on any atom is -0.294 e. The van der Waals surface area contributed by atoms with Crippen LogP contribution in [0.15, 0.2) is 52.3 Å². The van der Waals surface area contributed by atoms with Gasteiger partial charge in [-0.25, -0.2) is 0 Å². The average molecular weight is 327 g/mol. The molecular formula is C17H13NO4S. The number of non-ortho nitro benzene ring substituents is 1. The molecule has 4 unspecified atom stereocenters. The molecule has 4 rings (SSSR count). The molecular weight excluding hydrogens is 314 g/mol. The summed E-state index contributed by atoms with van der Waals surface area (Å²) in [7, 11) is 0. The highest BCUT2D eigenvalue weighted by atomic mass is 32.2. The van der Waals surface area contributed by atoms with Gasteiger partial charge in [0, 0.05) is 28.9 Å². The Balaban J connectivity index is 1.59. The summed E-state index contributed by atoms with van der Waals surface area (Å²) in [6.07, 6.45) is 6.50. The third-order valence-electron chi connectivity index (χ3n) is 4.88. The largest absolute Gasteiger partial charge is 0.294 e. The molecule has 0 spiro atoms. The number of nitro benzene ring substituents is 1. The summed E-state index contributed by atoms with van der Waals surface area (Å²) in [6, 6.07) is 6.02.